The van der Waals surface area contributed by atoms with Crippen LogP contribution in [-0.4, -0.2) is 71.6 Å². The first-order valence-electron chi connectivity index (χ1n) is 5.93. The average Bonchev–Trinajstić information content (AvgIpc) is 2.40. The Labute approximate surface area is 111 Å². The number of aliphatic hydroxyl groups excluding tert-OH is 3. The van der Waals surface area contributed by atoms with Crippen LogP contribution in [0.25, 0.3) is 0 Å². The lowest BCUT2D eigenvalue weighted by Gasteiger charge is -2.19. The summed E-state index contributed by atoms with van der Waals surface area (Å²) in [5.74, 6) is -1.54. The Morgan fingerprint density at radius 2 is 1.42 bits per heavy atom. The Hall–Kier alpha value is -1.26. The summed E-state index contributed by atoms with van der Waals surface area (Å²) in [7, 11) is 0. The maximum Gasteiger partial charge on any atom is 0.251 e. The molecule has 0 aromatic rings. The lowest BCUT2D eigenvalue weighted by atomic mass is 10.1. The molecule has 0 heterocycles. The van der Waals surface area contributed by atoms with Gasteiger partial charge in [-0.3, -0.25) is 9.59 Å². The van der Waals surface area contributed by atoms with Gasteiger partial charge in [-0.05, 0) is 0 Å². The normalized spacial score (nSPS) is 15.4. The molecule has 0 spiro atoms. The molecule has 0 saturated carbocycles. The van der Waals surface area contributed by atoms with Crippen LogP contribution in [0.1, 0.15) is 6.42 Å². The molecule has 0 aliphatic heterocycles. The van der Waals surface area contributed by atoms with Gasteiger partial charge in [0.2, 0.25) is 5.91 Å². The zero-order valence-electron chi connectivity index (χ0n) is 10.6. The minimum Gasteiger partial charge on any atom is -0.390 e. The van der Waals surface area contributed by atoms with Gasteiger partial charge in [0.25, 0.3) is 5.91 Å². The van der Waals surface area contributed by atoms with E-state index in [-0.39, 0.29) is 26.2 Å². The lowest BCUT2D eigenvalue weighted by Crippen LogP contribution is -2.46. The molecule has 0 aromatic carbocycles. The second-order valence-corrected chi connectivity index (χ2v) is 3.92. The first kappa shape index (κ1) is 17.7. The van der Waals surface area contributed by atoms with Crippen molar-refractivity contribution in [1.29, 1.82) is 0 Å². The molecule has 9 nitrogen and oxygen atoms in total. The van der Waals surface area contributed by atoms with Gasteiger partial charge in [0.1, 0.15) is 6.10 Å². The molecule has 19 heavy (non-hydrogen) atoms. The van der Waals surface area contributed by atoms with Gasteiger partial charge in [0.05, 0.1) is 6.10 Å². The minimum absolute atomic E-state index is 0.155. The summed E-state index contributed by atoms with van der Waals surface area (Å²) in [5, 5.41) is 33.0. The van der Waals surface area contributed by atoms with Crippen LogP contribution in [0.5, 0.6) is 0 Å². The molecule has 9 heteroatoms. The smallest absolute Gasteiger partial charge is 0.251 e. The number of nitrogens with two attached hydrogens (primary N) is 2. The molecule has 0 radical (unpaired) electrons. The van der Waals surface area contributed by atoms with Gasteiger partial charge in [-0.1, -0.05) is 0 Å². The standard InChI is InChI=1S/C10H22N4O5/c11-1-3-13-9(18)7(16)5-6(15)8(17)10(19)14-4-2-12/h6-8,15-17H,1-5,11-12H2,(H,13,18)(H,14,19). The van der Waals surface area contributed by atoms with Gasteiger partial charge in [-0.2, -0.15) is 0 Å². The molecule has 0 rings (SSSR count). The third-order valence-corrected chi connectivity index (χ3v) is 2.29. The second kappa shape index (κ2) is 9.64. The number of hydrogen-bond donors (Lipinski definition) is 7. The summed E-state index contributed by atoms with van der Waals surface area (Å²) >= 11 is 0. The molecule has 2 amide bonds. The van der Waals surface area contributed by atoms with E-state index in [1.165, 1.54) is 0 Å². The van der Waals surface area contributed by atoms with Crippen molar-refractivity contribution < 1.29 is 24.9 Å². The van der Waals surface area contributed by atoms with E-state index in [9.17, 15) is 24.9 Å². The van der Waals surface area contributed by atoms with E-state index in [2.05, 4.69) is 10.6 Å². The van der Waals surface area contributed by atoms with Crippen molar-refractivity contribution >= 4 is 11.8 Å². The molecule has 9 N–H and O–H groups in total. The SMILES string of the molecule is NCCNC(=O)C(O)CC(O)C(O)C(=O)NCCN. The van der Waals surface area contributed by atoms with Crippen molar-refractivity contribution in [2.24, 2.45) is 11.5 Å². The van der Waals surface area contributed by atoms with Gasteiger partial charge in [-0.15, -0.1) is 0 Å². The van der Waals surface area contributed by atoms with Crippen LogP contribution in [0.2, 0.25) is 0 Å². The number of aliphatic hydroxyl groups is 3. The summed E-state index contributed by atoms with van der Waals surface area (Å²) in [4.78, 5) is 22.6. The van der Waals surface area contributed by atoms with E-state index in [1.54, 1.807) is 0 Å². The topological polar surface area (TPSA) is 171 Å². The van der Waals surface area contributed by atoms with E-state index in [0.29, 0.717) is 0 Å². The average molecular weight is 278 g/mol. The molecule has 0 fully saturated rings. The quantitative estimate of drug-likeness (QED) is 0.223. The first-order valence-corrected chi connectivity index (χ1v) is 5.93. The van der Waals surface area contributed by atoms with Crippen molar-refractivity contribution in [2.75, 3.05) is 26.2 Å². The number of carbonyl (C=O) groups is 2. The number of rotatable bonds is 9. The lowest BCUT2D eigenvalue weighted by molar-refractivity contribution is -0.140. The van der Waals surface area contributed by atoms with Gasteiger partial charge in [-0.25, -0.2) is 0 Å². The third-order valence-electron chi connectivity index (χ3n) is 2.29. The fourth-order valence-electron chi connectivity index (χ4n) is 1.25. The Balaban J connectivity index is 4.16. The van der Waals surface area contributed by atoms with Gasteiger partial charge < -0.3 is 37.4 Å². The fraction of sp³-hybridized carbons (Fsp3) is 0.800. The zero-order chi connectivity index (χ0) is 14.8. The van der Waals surface area contributed by atoms with Crippen LogP contribution in [-0.2, 0) is 9.59 Å². The van der Waals surface area contributed by atoms with Crippen molar-refractivity contribution in [1.82, 2.24) is 10.6 Å². The van der Waals surface area contributed by atoms with Crippen molar-refractivity contribution in [2.45, 2.75) is 24.7 Å². The maximum atomic E-state index is 11.3. The second-order valence-electron chi connectivity index (χ2n) is 3.92. The molecule has 0 bridgehead atoms. The summed E-state index contributed by atoms with van der Waals surface area (Å²) in [6.07, 6.45) is -5.29. The van der Waals surface area contributed by atoms with E-state index >= 15 is 0 Å². The summed E-state index contributed by atoms with van der Waals surface area (Å²) in [5.41, 5.74) is 10.3. The Morgan fingerprint density at radius 3 is 1.89 bits per heavy atom. The molecular weight excluding hydrogens is 256 g/mol. The Kier molecular flexibility index (Phi) is 9.00. The van der Waals surface area contributed by atoms with Crippen LogP contribution in [0.15, 0.2) is 0 Å². The molecule has 3 atom stereocenters. The molecular formula is C10H22N4O5. The Morgan fingerprint density at radius 1 is 0.947 bits per heavy atom. The molecule has 0 aliphatic carbocycles. The molecule has 3 unspecified atom stereocenters. The Bertz CT molecular complexity index is 289. The van der Waals surface area contributed by atoms with Crippen LogP contribution in [0, 0.1) is 0 Å². The van der Waals surface area contributed by atoms with Gasteiger partial charge in [0.15, 0.2) is 6.10 Å². The van der Waals surface area contributed by atoms with Crippen molar-refractivity contribution in [3.05, 3.63) is 0 Å². The monoisotopic (exact) mass is 278 g/mol. The third kappa shape index (κ3) is 7.03. The molecule has 0 aliphatic rings. The number of carbonyl (C=O) groups excluding carboxylic acids is 2. The predicted molar refractivity (Wildman–Crippen MR) is 66.8 cm³/mol. The largest absolute Gasteiger partial charge is 0.390 e. The van der Waals surface area contributed by atoms with E-state index in [1.807, 2.05) is 0 Å². The molecule has 0 aromatic heterocycles. The highest BCUT2D eigenvalue weighted by atomic mass is 16.3. The van der Waals surface area contributed by atoms with E-state index in [4.69, 9.17) is 11.5 Å². The van der Waals surface area contributed by atoms with Gasteiger partial charge in [0, 0.05) is 32.6 Å². The number of hydrogen-bond acceptors (Lipinski definition) is 7. The van der Waals surface area contributed by atoms with Crippen LogP contribution in [0.3, 0.4) is 0 Å². The number of amides is 2. The maximum absolute atomic E-state index is 11.3. The molecule has 112 valence electrons. The highest BCUT2D eigenvalue weighted by Crippen LogP contribution is 2.04. The van der Waals surface area contributed by atoms with Gasteiger partial charge >= 0.3 is 0 Å². The zero-order valence-corrected chi connectivity index (χ0v) is 10.6. The predicted octanol–water partition coefficient (Wildman–Crippen LogP) is -4.39. The van der Waals surface area contributed by atoms with Crippen LogP contribution in [0.4, 0.5) is 0 Å². The molecule has 0 saturated heterocycles. The first-order chi connectivity index (χ1) is 8.93. The van der Waals surface area contributed by atoms with Crippen LogP contribution < -0.4 is 22.1 Å². The van der Waals surface area contributed by atoms with Crippen molar-refractivity contribution in [3.8, 4) is 0 Å². The van der Waals surface area contributed by atoms with Crippen molar-refractivity contribution in [3.63, 3.8) is 0 Å². The van der Waals surface area contributed by atoms with Crippen LogP contribution >= 0.6 is 0 Å². The van der Waals surface area contributed by atoms with E-state index in [0.717, 1.165) is 0 Å². The summed E-state index contributed by atoms with van der Waals surface area (Å²) < 4.78 is 0. The summed E-state index contributed by atoms with van der Waals surface area (Å²) in [6, 6.07) is 0. The highest BCUT2D eigenvalue weighted by Gasteiger charge is 2.28. The minimum atomic E-state index is -1.73. The highest BCUT2D eigenvalue weighted by molar-refractivity contribution is 5.82. The number of nitrogens with one attached hydrogen (secondary N) is 2. The van der Waals surface area contributed by atoms with E-state index < -0.39 is 36.5 Å². The fourth-order valence-corrected chi connectivity index (χ4v) is 1.25. The summed E-state index contributed by atoms with van der Waals surface area (Å²) in [6.45, 7) is 0.748.